The summed E-state index contributed by atoms with van der Waals surface area (Å²) in [6.45, 7) is 1.96. The molecule has 1 aliphatic rings. The number of halogens is 2. The number of nitrogens with one attached hydrogen (secondary N) is 3. The lowest BCUT2D eigenvalue weighted by Gasteiger charge is -2.12. The first-order valence-corrected chi connectivity index (χ1v) is 10.5. The minimum absolute atomic E-state index is 0.0376. The number of nitrogens with zero attached hydrogens (tertiary/aromatic N) is 3. The summed E-state index contributed by atoms with van der Waals surface area (Å²) >= 11 is 5.99. The monoisotopic (exact) mass is 446 g/mol. The quantitative estimate of drug-likeness (QED) is 0.466. The highest BCUT2D eigenvalue weighted by Crippen LogP contribution is 2.33. The number of rotatable bonds is 7. The molecule has 1 unspecified atom stereocenters. The number of amides is 1. The highest BCUT2D eigenvalue weighted by molar-refractivity contribution is 7.92. The van der Waals surface area contributed by atoms with Crippen LogP contribution < -0.4 is 10.6 Å². The molecule has 0 spiro atoms. The summed E-state index contributed by atoms with van der Waals surface area (Å²) in [4.78, 5) is 21.6. The van der Waals surface area contributed by atoms with Crippen molar-refractivity contribution >= 4 is 52.4 Å². The zero-order valence-corrected chi connectivity index (χ0v) is 17.9. The average molecular weight is 447 g/mol. The number of carbonyl (C=O) groups excluding carboxylic acids is 1. The third kappa shape index (κ3) is 3.87. The second-order valence-corrected chi connectivity index (χ2v) is 8.25. The molecular formula is C20H20ClFN6OS. The summed E-state index contributed by atoms with van der Waals surface area (Å²) in [6.07, 6.45) is 4.98. The number of hydrogen-bond acceptors (Lipinski definition) is 6. The van der Waals surface area contributed by atoms with Gasteiger partial charge >= 0.3 is 0 Å². The van der Waals surface area contributed by atoms with Gasteiger partial charge in [0.15, 0.2) is 18.0 Å². The fraction of sp³-hybridized carbons (Fsp3) is 0.300. The summed E-state index contributed by atoms with van der Waals surface area (Å²) < 4.78 is 14.6. The first-order chi connectivity index (χ1) is 14.4. The number of benzene rings is 1. The molecule has 1 aromatic carbocycles. The van der Waals surface area contributed by atoms with Gasteiger partial charge in [0.05, 0.1) is 17.5 Å². The Balaban J connectivity index is 1.74. The maximum absolute atomic E-state index is 13.4. The van der Waals surface area contributed by atoms with Crippen LogP contribution in [-0.4, -0.2) is 38.6 Å². The minimum Gasteiger partial charge on any atom is -0.388 e. The van der Waals surface area contributed by atoms with E-state index in [2.05, 4.69) is 20.6 Å². The second kappa shape index (κ2) is 8.23. The van der Waals surface area contributed by atoms with E-state index in [4.69, 9.17) is 17.0 Å². The summed E-state index contributed by atoms with van der Waals surface area (Å²) in [6, 6.07) is 5.16. The third-order valence-corrected chi connectivity index (χ3v) is 5.91. The lowest BCUT2D eigenvalue weighted by molar-refractivity contribution is 0.0937. The standard InChI is InChI=1S/C20H20ClFN6OS/c1-10(11-3-4-11)26-20(29)14-9-28(30-22)19-18(14)27-16(8-25-19)17(23)13-6-5-12(21)7-15(13)24-2/h5-11,23-24H,3-4H2,1-2H3,(H,26,29). The van der Waals surface area contributed by atoms with Crippen LogP contribution in [0, 0.1) is 11.3 Å². The van der Waals surface area contributed by atoms with Gasteiger partial charge in [0.1, 0.15) is 11.2 Å². The molecule has 7 nitrogen and oxygen atoms in total. The van der Waals surface area contributed by atoms with Crippen LogP contribution in [0.25, 0.3) is 11.2 Å². The van der Waals surface area contributed by atoms with Gasteiger partial charge in [-0.3, -0.25) is 10.2 Å². The Hall–Kier alpha value is -2.65. The fourth-order valence-electron chi connectivity index (χ4n) is 3.38. The van der Waals surface area contributed by atoms with E-state index in [1.54, 1.807) is 25.2 Å². The van der Waals surface area contributed by atoms with Crippen molar-refractivity contribution in [3.05, 3.63) is 52.4 Å². The number of hydrogen-bond donors (Lipinski definition) is 3. The van der Waals surface area contributed by atoms with E-state index in [-0.39, 0.29) is 52.4 Å². The summed E-state index contributed by atoms with van der Waals surface area (Å²) in [5.41, 5.74) is 2.35. The molecule has 0 saturated heterocycles. The van der Waals surface area contributed by atoms with Gasteiger partial charge in [-0.25, -0.2) is 13.9 Å². The largest absolute Gasteiger partial charge is 0.388 e. The highest BCUT2D eigenvalue weighted by atomic mass is 35.5. The normalized spacial score (nSPS) is 14.5. The van der Waals surface area contributed by atoms with Crippen LogP contribution in [0.2, 0.25) is 5.02 Å². The molecule has 4 rings (SSSR count). The Morgan fingerprint density at radius 1 is 1.40 bits per heavy atom. The van der Waals surface area contributed by atoms with Gasteiger partial charge in [-0.05, 0) is 43.9 Å². The smallest absolute Gasteiger partial charge is 0.255 e. The average Bonchev–Trinajstić information content (AvgIpc) is 3.53. The van der Waals surface area contributed by atoms with Crippen LogP contribution in [0.1, 0.15) is 41.4 Å². The Labute approximate surface area is 182 Å². The van der Waals surface area contributed by atoms with Crippen LogP contribution in [-0.2, 0) is 0 Å². The molecule has 2 heterocycles. The Morgan fingerprint density at radius 3 is 2.83 bits per heavy atom. The van der Waals surface area contributed by atoms with Crippen LogP contribution in [0.5, 0.6) is 0 Å². The molecule has 3 N–H and O–H groups in total. The van der Waals surface area contributed by atoms with Gasteiger partial charge in [-0.1, -0.05) is 11.6 Å². The van der Waals surface area contributed by atoms with Crippen LogP contribution in [0.15, 0.2) is 30.6 Å². The van der Waals surface area contributed by atoms with Crippen molar-refractivity contribution in [2.75, 3.05) is 12.4 Å². The predicted octanol–water partition coefficient (Wildman–Crippen LogP) is 4.45. The van der Waals surface area contributed by atoms with E-state index in [0.29, 0.717) is 22.2 Å². The third-order valence-electron chi connectivity index (χ3n) is 5.25. The summed E-state index contributed by atoms with van der Waals surface area (Å²) in [5, 5.41) is 15.1. The van der Waals surface area contributed by atoms with Crippen molar-refractivity contribution in [3.63, 3.8) is 0 Å². The Morgan fingerprint density at radius 2 is 2.17 bits per heavy atom. The Kier molecular flexibility index (Phi) is 5.66. The molecule has 10 heteroatoms. The lowest BCUT2D eigenvalue weighted by atomic mass is 10.1. The van der Waals surface area contributed by atoms with E-state index < -0.39 is 0 Å². The molecule has 1 atom stereocenters. The first kappa shape index (κ1) is 20.6. The summed E-state index contributed by atoms with van der Waals surface area (Å²) in [7, 11) is 1.74. The van der Waals surface area contributed by atoms with E-state index in [0.717, 1.165) is 16.8 Å². The highest BCUT2D eigenvalue weighted by Gasteiger charge is 2.30. The van der Waals surface area contributed by atoms with Gasteiger partial charge in [0.2, 0.25) is 0 Å². The maximum atomic E-state index is 13.4. The molecule has 1 fully saturated rings. The zero-order chi connectivity index (χ0) is 21.4. The maximum Gasteiger partial charge on any atom is 0.255 e. The first-order valence-electron chi connectivity index (χ1n) is 9.47. The minimum atomic E-state index is -0.326. The molecule has 156 valence electrons. The van der Waals surface area contributed by atoms with Gasteiger partial charge in [0, 0.05) is 35.6 Å². The Bertz CT molecular complexity index is 1150. The lowest BCUT2D eigenvalue weighted by Crippen LogP contribution is -2.34. The number of anilines is 1. The zero-order valence-electron chi connectivity index (χ0n) is 16.4. The van der Waals surface area contributed by atoms with Crippen LogP contribution in [0.3, 0.4) is 0 Å². The van der Waals surface area contributed by atoms with Crippen molar-refractivity contribution < 1.29 is 8.68 Å². The van der Waals surface area contributed by atoms with Crippen molar-refractivity contribution in [2.45, 2.75) is 25.8 Å². The van der Waals surface area contributed by atoms with Crippen LogP contribution in [0.4, 0.5) is 9.57 Å². The van der Waals surface area contributed by atoms with Gasteiger partial charge < -0.3 is 10.6 Å². The van der Waals surface area contributed by atoms with E-state index in [1.807, 2.05) is 6.92 Å². The molecule has 30 heavy (non-hydrogen) atoms. The topological polar surface area (TPSA) is 95.7 Å². The van der Waals surface area contributed by atoms with Crippen molar-refractivity contribution in [3.8, 4) is 0 Å². The molecule has 1 amide bonds. The van der Waals surface area contributed by atoms with E-state index in [1.165, 1.54) is 12.4 Å². The van der Waals surface area contributed by atoms with E-state index >= 15 is 0 Å². The van der Waals surface area contributed by atoms with Gasteiger partial charge in [0.25, 0.3) is 5.91 Å². The molecule has 0 bridgehead atoms. The van der Waals surface area contributed by atoms with Crippen molar-refractivity contribution in [1.29, 1.82) is 5.41 Å². The number of fused-ring (bicyclic) bond motifs is 1. The molecule has 1 saturated carbocycles. The van der Waals surface area contributed by atoms with Gasteiger partial charge in [-0.15, -0.1) is 3.89 Å². The number of aromatic nitrogens is 3. The number of carbonyl (C=O) groups is 1. The molecule has 3 aromatic rings. The van der Waals surface area contributed by atoms with Crippen molar-refractivity contribution in [2.24, 2.45) is 5.92 Å². The molecule has 0 aliphatic heterocycles. The molecule has 2 aromatic heterocycles. The summed E-state index contributed by atoms with van der Waals surface area (Å²) in [5.74, 6) is 0.158. The molecular weight excluding hydrogens is 427 g/mol. The SMILES string of the molecule is CNc1cc(Cl)ccc1C(=N)c1cnc2c(n1)c(C(=O)NC(C)C1CC1)cn2SF. The van der Waals surface area contributed by atoms with Gasteiger partial charge in [-0.2, -0.15) is 0 Å². The van der Waals surface area contributed by atoms with Crippen LogP contribution >= 0.6 is 23.9 Å². The molecule has 0 radical (unpaired) electrons. The fourth-order valence-corrected chi connectivity index (χ4v) is 3.90. The van der Waals surface area contributed by atoms with Crippen molar-refractivity contribution in [1.82, 2.24) is 19.3 Å². The second-order valence-electron chi connectivity index (χ2n) is 7.28. The molecule has 1 aliphatic carbocycles. The predicted molar refractivity (Wildman–Crippen MR) is 118 cm³/mol. The van der Waals surface area contributed by atoms with E-state index in [9.17, 15) is 8.68 Å².